The van der Waals surface area contributed by atoms with Crippen LogP contribution in [0.25, 0.3) is 0 Å². The lowest BCUT2D eigenvalue weighted by molar-refractivity contribution is -0.0265. The van der Waals surface area contributed by atoms with Crippen LogP contribution in [-0.2, 0) is 4.74 Å². The van der Waals surface area contributed by atoms with Crippen molar-refractivity contribution in [3.8, 4) is 0 Å². The van der Waals surface area contributed by atoms with Gasteiger partial charge in [-0.1, -0.05) is 29.8 Å². The molecule has 1 saturated heterocycles. The van der Waals surface area contributed by atoms with Crippen LogP contribution in [-0.4, -0.2) is 51.7 Å². The molecule has 3 unspecified atom stereocenters. The zero-order valence-corrected chi connectivity index (χ0v) is 18.0. The van der Waals surface area contributed by atoms with E-state index in [0.717, 1.165) is 37.7 Å². The highest BCUT2D eigenvalue weighted by Gasteiger charge is 2.27. The van der Waals surface area contributed by atoms with Crippen LogP contribution in [0.2, 0.25) is 0 Å². The summed E-state index contributed by atoms with van der Waals surface area (Å²) in [7, 11) is 5.91. The van der Waals surface area contributed by atoms with Crippen LogP contribution >= 0.6 is 0 Å². The van der Waals surface area contributed by atoms with Gasteiger partial charge in [-0.15, -0.1) is 0 Å². The SMILES string of the molecule is CN=C(NCC1CCCOC1c1ccc(C)cc1)NCC(c1ccco1)N(C)C. The first-order valence-electron chi connectivity index (χ1n) is 10.4. The second kappa shape index (κ2) is 10.5. The Kier molecular flexibility index (Phi) is 7.72. The summed E-state index contributed by atoms with van der Waals surface area (Å²) >= 11 is 0. The molecule has 2 N–H and O–H groups in total. The molecule has 1 aliphatic heterocycles. The predicted octanol–water partition coefficient (Wildman–Crippen LogP) is 3.52. The van der Waals surface area contributed by atoms with Gasteiger partial charge in [0.25, 0.3) is 0 Å². The van der Waals surface area contributed by atoms with E-state index in [4.69, 9.17) is 9.15 Å². The number of rotatable bonds is 7. The second-order valence-electron chi connectivity index (χ2n) is 7.93. The van der Waals surface area contributed by atoms with Gasteiger partial charge in [0.2, 0.25) is 0 Å². The Morgan fingerprint density at radius 2 is 2.00 bits per heavy atom. The number of hydrogen-bond acceptors (Lipinski definition) is 4. The van der Waals surface area contributed by atoms with E-state index in [1.165, 1.54) is 11.1 Å². The molecule has 1 aromatic heterocycles. The summed E-state index contributed by atoms with van der Waals surface area (Å²) in [6, 6.07) is 12.8. The van der Waals surface area contributed by atoms with Gasteiger partial charge in [-0.25, -0.2) is 0 Å². The smallest absolute Gasteiger partial charge is 0.191 e. The maximum absolute atomic E-state index is 6.14. The van der Waals surface area contributed by atoms with E-state index >= 15 is 0 Å². The molecule has 158 valence electrons. The highest BCUT2D eigenvalue weighted by molar-refractivity contribution is 5.79. The van der Waals surface area contributed by atoms with Crippen molar-refractivity contribution < 1.29 is 9.15 Å². The van der Waals surface area contributed by atoms with Crippen molar-refractivity contribution in [1.82, 2.24) is 15.5 Å². The summed E-state index contributed by atoms with van der Waals surface area (Å²) in [5.41, 5.74) is 2.53. The van der Waals surface area contributed by atoms with Crippen LogP contribution in [0.1, 0.15) is 41.9 Å². The lowest BCUT2D eigenvalue weighted by Gasteiger charge is -2.33. The lowest BCUT2D eigenvalue weighted by Crippen LogP contribution is -2.44. The fraction of sp³-hybridized carbons (Fsp3) is 0.522. The number of ether oxygens (including phenoxy) is 1. The zero-order chi connectivity index (χ0) is 20.6. The zero-order valence-electron chi connectivity index (χ0n) is 18.0. The largest absolute Gasteiger partial charge is 0.468 e. The molecule has 2 aromatic rings. The molecule has 0 amide bonds. The van der Waals surface area contributed by atoms with Crippen molar-refractivity contribution in [2.75, 3.05) is 40.8 Å². The standard InChI is InChI=1S/C23H34N4O2/c1-17-9-11-18(12-10-17)22-19(7-5-14-29-22)15-25-23(24-2)26-16-20(27(3)4)21-8-6-13-28-21/h6,8-13,19-20,22H,5,7,14-16H2,1-4H3,(H2,24,25,26). The van der Waals surface area contributed by atoms with Gasteiger partial charge >= 0.3 is 0 Å². The molecule has 0 spiro atoms. The Morgan fingerprint density at radius 1 is 1.21 bits per heavy atom. The fourth-order valence-electron chi connectivity index (χ4n) is 3.84. The van der Waals surface area contributed by atoms with Crippen LogP contribution in [0.4, 0.5) is 0 Å². The number of hydrogen-bond donors (Lipinski definition) is 2. The van der Waals surface area contributed by atoms with Gasteiger partial charge in [0.1, 0.15) is 5.76 Å². The molecule has 6 nitrogen and oxygen atoms in total. The molecule has 3 rings (SSSR count). The molecule has 2 heterocycles. The maximum atomic E-state index is 6.14. The van der Waals surface area contributed by atoms with Crippen LogP contribution in [0.5, 0.6) is 0 Å². The first-order valence-corrected chi connectivity index (χ1v) is 10.4. The van der Waals surface area contributed by atoms with Crippen LogP contribution in [0.15, 0.2) is 52.1 Å². The van der Waals surface area contributed by atoms with E-state index in [2.05, 4.69) is 65.8 Å². The maximum Gasteiger partial charge on any atom is 0.191 e. The third-order valence-electron chi connectivity index (χ3n) is 5.56. The molecular formula is C23H34N4O2. The second-order valence-corrected chi connectivity index (χ2v) is 7.93. The minimum Gasteiger partial charge on any atom is -0.468 e. The Hall–Kier alpha value is -2.31. The average Bonchev–Trinajstić information content (AvgIpc) is 3.25. The minimum absolute atomic E-state index is 0.132. The van der Waals surface area contributed by atoms with Gasteiger partial charge in [-0.05, 0) is 51.6 Å². The molecule has 0 saturated carbocycles. The third-order valence-corrected chi connectivity index (χ3v) is 5.56. The number of nitrogens with zero attached hydrogens (tertiary/aromatic N) is 2. The third kappa shape index (κ3) is 5.84. The van der Waals surface area contributed by atoms with E-state index < -0.39 is 0 Å². The van der Waals surface area contributed by atoms with Gasteiger partial charge in [0.05, 0.1) is 18.4 Å². The summed E-state index contributed by atoms with van der Waals surface area (Å²) in [6.07, 6.45) is 4.09. The molecule has 0 radical (unpaired) electrons. The quantitative estimate of drug-likeness (QED) is 0.552. The number of nitrogens with one attached hydrogen (secondary N) is 2. The van der Waals surface area contributed by atoms with Crippen molar-refractivity contribution in [2.24, 2.45) is 10.9 Å². The van der Waals surface area contributed by atoms with Crippen molar-refractivity contribution in [2.45, 2.75) is 31.9 Å². The monoisotopic (exact) mass is 398 g/mol. The summed E-state index contributed by atoms with van der Waals surface area (Å²) in [6.45, 7) is 4.48. The highest BCUT2D eigenvalue weighted by Crippen LogP contribution is 2.33. The Bertz CT molecular complexity index is 756. The van der Waals surface area contributed by atoms with Gasteiger partial charge < -0.3 is 19.8 Å². The van der Waals surface area contributed by atoms with Gasteiger partial charge in [0.15, 0.2) is 5.96 Å². The normalized spacial score (nSPS) is 21.2. The molecule has 29 heavy (non-hydrogen) atoms. The van der Waals surface area contributed by atoms with Crippen molar-refractivity contribution in [3.63, 3.8) is 0 Å². The molecule has 0 aliphatic carbocycles. The molecule has 1 aliphatic rings. The topological polar surface area (TPSA) is 62.0 Å². The van der Waals surface area contributed by atoms with E-state index in [1.807, 2.05) is 19.2 Å². The summed E-state index contributed by atoms with van der Waals surface area (Å²) in [4.78, 5) is 6.54. The van der Waals surface area contributed by atoms with Crippen molar-refractivity contribution in [1.29, 1.82) is 0 Å². The number of aliphatic imine (C=N–C) groups is 1. The fourth-order valence-corrected chi connectivity index (χ4v) is 3.84. The number of likely N-dealkylation sites (N-methyl/N-ethyl adjacent to an activating group) is 1. The Balaban J connectivity index is 1.56. The van der Waals surface area contributed by atoms with Gasteiger partial charge in [0, 0.05) is 32.7 Å². The molecule has 1 aromatic carbocycles. The van der Waals surface area contributed by atoms with E-state index in [-0.39, 0.29) is 12.1 Å². The summed E-state index contributed by atoms with van der Waals surface area (Å²) in [5, 5.41) is 6.94. The average molecular weight is 399 g/mol. The minimum atomic E-state index is 0.132. The number of guanidine groups is 1. The predicted molar refractivity (Wildman–Crippen MR) is 117 cm³/mol. The number of aryl methyl sites for hydroxylation is 1. The van der Waals surface area contributed by atoms with Crippen LogP contribution in [0.3, 0.4) is 0 Å². The van der Waals surface area contributed by atoms with Crippen LogP contribution in [0, 0.1) is 12.8 Å². The Morgan fingerprint density at radius 3 is 2.66 bits per heavy atom. The highest BCUT2D eigenvalue weighted by atomic mass is 16.5. The van der Waals surface area contributed by atoms with Gasteiger partial charge in [-0.3, -0.25) is 9.89 Å². The van der Waals surface area contributed by atoms with Crippen molar-refractivity contribution >= 4 is 5.96 Å². The number of furan rings is 1. The van der Waals surface area contributed by atoms with Crippen LogP contribution < -0.4 is 10.6 Å². The summed E-state index contributed by atoms with van der Waals surface area (Å²) in [5.74, 6) is 2.16. The Labute approximate surface area is 174 Å². The van der Waals surface area contributed by atoms with Crippen molar-refractivity contribution in [3.05, 3.63) is 59.5 Å². The van der Waals surface area contributed by atoms with Gasteiger partial charge in [-0.2, -0.15) is 0 Å². The molecule has 1 fully saturated rings. The van der Waals surface area contributed by atoms with E-state index in [0.29, 0.717) is 12.5 Å². The molecule has 3 atom stereocenters. The van der Waals surface area contributed by atoms with E-state index in [1.54, 1.807) is 6.26 Å². The first kappa shape index (κ1) is 21.4. The van der Waals surface area contributed by atoms with E-state index in [9.17, 15) is 0 Å². The lowest BCUT2D eigenvalue weighted by atomic mass is 9.89. The molecule has 0 bridgehead atoms. The first-order chi connectivity index (χ1) is 14.1. The summed E-state index contributed by atoms with van der Waals surface area (Å²) < 4.78 is 11.7. The number of benzene rings is 1. The molecule has 6 heteroatoms. The molecular weight excluding hydrogens is 364 g/mol.